The molecule has 0 fully saturated rings. The standard InChI is InChI=1S/C45H43Cl2N5O10S3/c1-4-50(34-14-8-6-9-15-34)64(57,58)42-28-32(20-26-38(42)46)48-44(53)30-52(40-18-12-13-19-41(40)61-3)63(55,56)37-24-22-36(23-25-37)62-31-45(54)49-33-21-27-39(47)43(29-33)65(59,60)51(5-2)35-16-10-7-11-17-35/h6-29H,4-5,30-31H2,1-3H3,(H,48,53)(H,49,54). The molecule has 0 bridgehead atoms. The maximum atomic E-state index is 14.3. The second-order valence-electron chi connectivity index (χ2n) is 13.8. The lowest BCUT2D eigenvalue weighted by atomic mass is 10.3. The molecule has 2 N–H and O–H groups in total. The molecule has 65 heavy (non-hydrogen) atoms. The Morgan fingerprint density at radius 3 is 1.49 bits per heavy atom. The van der Waals surface area contributed by atoms with Crippen molar-refractivity contribution in [1.82, 2.24) is 0 Å². The molecule has 0 saturated heterocycles. The van der Waals surface area contributed by atoms with Crippen LogP contribution in [0.5, 0.6) is 11.5 Å². The SMILES string of the molecule is CCN(c1ccccc1)S(=O)(=O)c1cc(NC(=O)COc2ccc(S(=O)(=O)N(CC(=O)Nc3ccc(Cl)c(S(=O)(=O)N(CC)c4ccccc4)c3)c3ccccc3OC)cc2)ccc1Cl. The van der Waals surface area contributed by atoms with E-state index in [0.29, 0.717) is 11.4 Å². The monoisotopic (exact) mass is 979 g/mol. The van der Waals surface area contributed by atoms with Crippen molar-refractivity contribution in [3.05, 3.63) is 156 Å². The van der Waals surface area contributed by atoms with Crippen LogP contribution in [0.15, 0.2) is 160 Å². The predicted octanol–water partition coefficient (Wildman–Crippen LogP) is 8.28. The Morgan fingerprint density at radius 2 is 1.02 bits per heavy atom. The van der Waals surface area contributed by atoms with Crippen LogP contribution in [0.25, 0.3) is 0 Å². The molecule has 0 aliphatic heterocycles. The molecule has 15 nitrogen and oxygen atoms in total. The van der Waals surface area contributed by atoms with Gasteiger partial charge in [0.15, 0.2) is 6.61 Å². The number of amides is 2. The Morgan fingerprint density at radius 1 is 0.554 bits per heavy atom. The first-order chi connectivity index (χ1) is 31.0. The minimum Gasteiger partial charge on any atom is -0.495 e. The van der Waals surface area contributed by atoms with Gasteiger partial charge in [-0.1, -0.05) is 71.7 Å². The van der Waals surface area contributed by atoms with Gasteiger partial charge in [-0.15, -0.1) is 0 Å². The lowest BCUT2D eigenvalue weighted by molar-refractivity contribution is -0.118. The number of ether oxygens (including phenoxy) is 2. The fourth-order valence-corrected chi connectivity index (χ4v) is 12.0. The summed E-state index contributed by atoms with van der Waals surface area (Å²) >= 11 is 12.7. The number of anilines is 5. The second-order valence-corrected chi connectivity index (χ2v) is 20.2. The van der Waals surface area contributed by atoms with Gasteiger partial charge < -0.3 is 20.1 Å². The van der Waals surface area contributed by atoms with Crippen LogP contribution in [0.4, 0.5) is 28.4 Å². The van der Waals surface area contributed by atoms with E-state index in [0.717, 1.165) is 4.31 Å². The van der Waals surface area contributed by atoms with E-state index >= 15 is 0 Å². The molecule has 20 heteroatoms. The molecule has 6 aromatic rings. The van der Waals surface area contributed by atoms with Gasteiger partial charge >= 0.3 is 0 Å². The van der Waals surface area contributed by atoms with Gasteiger partial charge in [0.2, 0.25) is 5.91 Å². The molecule has 0 aromatic heterocycles. The quantitative estimate of drug-likeness (QED) is 0.0799. The number of methoxy groups -OCH3 is 1. The molecule has 0 atom stereocenters. The Kier molecular flexibility index (Phi) is 15.3. The van der Waals surface area contributed by atoms with Crippen LogP contribution in [0.3, 0.4) is 0 Å². The summed E-state index contributed by atoms with van der Waals surface area (Å²) < 4.78 is 97.8. The van der Waals surface area contributed by atoms with Crippen molar-refractivity contribution in [2.45, 2.75) is 28.5 Å². The molecule has 0 aliphatic rings. The third kappa shape index (κ3) is 11.0. The Balaban J connectivity index is 1.17. The molecular weight excluding hydrogens is 938 g/mol. The van der Waals surface area contributed by atoms with Crippen LogP contribution in [0, 0.1) is 0 Å². The summed E-state index contributed by atoms with van der Waals surface area (Å²) in [5, 5.41) is 5.06. The lowest BCUT2D eigenvalue weighted by Crippen LogP contribution is -2.38. The number of hydrogen-bond donors (Lipinski definition) is 2. The van der Waals surface area contributed by atoms with Crippen molar-refractivity contribution >= 4 is 93.5 Å². The molecule has 0 aliphatic carbocycles. The van der Waals surface area contributed by atoms with Crippen molar-refractivity contribution in [1.29, 1.82) is 0 Å². The summed E-state index contributed by atoms with van der Waals surface area (Å²) in [6.45, 7) is 2.25. The molecule has 6 aromatic carbocycles. The van der Waals surface area contributed by atoms with E-state index in [1.807, 2.05) is 0 Å². The number of rotatable bonds is 19. The van der Waals surface area contributed by atoms with Gasteiger partial charge in [0, 0.05) is 24.5 Å². The Hall–Kier alpha value is -6.31. The third-order valence-electron chi connectivity index (χ3n) is 9.65. The zero-order valence-corrected chi connectivity index (χ0v) is 39.1. The summed E-state index contributed by atoms with van der Waals surface area (Å²) in [6, 6.07) is 36.1. The highest BCUT2D eigenvalue weighted by Gasteiger charge is 2.31. The summed E-state index contributed by atoms with van der Waals surface area (Å²) in [7, 11) is -11.5. The highest BCUT2D eigenvalue weighted by molar-refractivity contribution is 7.93. The van der Waals surface area contributed by atoms with Gasteiger partial charge in [-0.05, 0) is 111 Å². The maximum Gasteiger partial charge on any atom is 0.265 e. The summed E-state index contributed by atoms with van der Waals surface area (Å²) in [4.78, 5) is 25.9. The zero-order valence-electron chi connectivity index (χ0n) is 35.1. The van der Waals surface area contributed by atoms with Gasteiger partial charge in [-0.3, -0.25) is 22.5 Å². The molecule has 0 saturated carbocycles. The molecular formula is C45H43Cl2N5O10S3. The molecule has 0 unspecified atom stereocenters. The first-order valence-electron chi connectivity index (χ1n) is 19.7. The van der Waals surface area contributed by atoms with Gasteiger partial charge in [-0.25, -0.2) is 25.3 Å². The minimum atomic E-state index is -4.52. The van der Waals surface area contributed by atoms with E-state index in [4.69, 9.17) is 32.7 Å². The van der Waals surface area contributed by atoms with E-state index in [2.05, 4.69) is 10.6 Å². The van der Waals surface area contributed by atoms with Gasteiger partial charge in [0.05, 0.1) is 39.1 Å². The smallest absolute Gasteiger partial charge is 0.265 e. The summed E-state index contributed by atoms with van der Waals surface area (Å²) in [5.74, 6) is -1.22. The van der Waals surface area contributed by atoms with E-state index in [1.54, 1.807) is 86.6 Å². The number of nitrogens with zero attached hydrogens (tertiary/aromatic N) is 3. The largest absolute Gasteiger partial charge is 0.495 e. The number of benzene rings is 6. The van der Waals surface area contributed by atoms with Gasteiger partial charge in [0.25, 0.3) is 36.0 Å². The number of halogens is 2. The van der Waals surface area contributed by atoms with Crippen LogP contribution in [0.2, 0.25) is 10.0 Å². The number of carbonyl (C=O) groups excluding carboxylic acids is 2. The number of nitrogens with one attached hydrogen (secondary N) is 2. The number of carbonyl (C=O) groups is 2. The fraction of sp³-hybridized carbons (Fsp3) is 0.156. The van der Waals surface area contributed by atoms with E-state index in [1.165, 1.54) is 88.5 Å². The number of sulfonamides is 3. The molecule has 6 rings (SSSR count). The summed E-state index contributed by atoms with van der Waals surface area (Å²) in [5.41, 5.74) is 1.06. The van der Waals surface area contributed by atoms with Gasteiger partial charge in [-0.2, -0.15) is 0 Å². The van der Waals surface area contributed by atoms with Crippen LogP contribution < -0.4 is 33.0 Å². The zero-order chi connectivity index (χ0) is 46.9. The number of hydrogen-bond acceptors (Lipinski definition) is 10. The van der Waals surface area contributed by atoms with Crippen LogP contribution in [-0.4, -0.2) is 70.4 Å². The van der Waals surface area contributed by atoms with Crippen molar-refractivity contribution in [3.8, 4) is 11.5 Å². The molecule has 0 spiro atoms. The molecule has 0 heterocycles. The normalized spacial score (nSPS) is 11.6. The van der Waals surface area contributed by atoms with Gasteiger partial charge in [0.1, 0.15) is 27.8 Å². The average Bonchev–Trinajstić information content (AvgIpc) is 3.29. The fourth-order valence-electron chi connectivity index (χ4n) is 6.61. The second kappa shape index (κ2) is 20.7. The highest BCUT2D eigenvalue weighted by Crippen LogP contribution is 2.35. The maximum absolute atomic E-state index is 14.3. The van der Waals surface area contributed by atoms with E-state index in [-0.39, 0.29) is 66.4 Å². The first kappa shape index (κ1) is 48.2. The molecule has 340 valence electrons. The highest BCUT2D eigenvalue weighted by atomic mass is 35.5. The van der Waals surface area contributed by atoms with Crippen LogP contribution in [-0.2, 0) is 39.7 Å². The van der Waals surface area contributed by atoms with Crippen molar-refractivity contribution in [3.63, 3.8) is 0 Å². The van der Waals surface area contributed by atoms with Crippen LogP contribution >= 0.6 is 23.2 Å². The first-order valence-corrected chi connectivity index (χ1v) is 24.8. The van der Waals surface area contributed by atoms with Crippen molar-refractivity contribution in [2.75, 3.05) is 56.9 Å². The third-order valence-corrected chi connectivity index (χ3v) is 16.2. The molecule has 2 amide bonds. The minimum absolute atomic E-state index is 0.0311. The topological polar surface area (TPSA) is 189 Å². The van der Waals surface area contributed by atoms with Crippen LogP contribution in [0.1, 0.15) is 13.8 Å². The van der Waals surface area contributed by atoms with E-state index in [9.17, 15) is 34.8 Å². The number of para-hydroxylation sites is 4. The van der Waals surface area contributed by atoms with Crippen molar-refractivity contribution < 1.29 is 44.3 Å². The lowest BCUT2D eigenvalue weighted by Gasteiger charge is -2.26. The Bertz CT molecular complexity index is 3000. The average molecular weight is 981 g/mol. The van der Waals surface area contributed by atoms with E-state index < -0.39 is 55.0 Å². The predicted molar refractivity (Wildman–Crippen MR) is 253 cm³/mol. The van der Waals surface area contributed by atoms with Crippen molar-refractivity contribution in [2.24, 2.45) is 0 Å². The Labute approximate surface area is 388 Å². The summed E-state index contributed by atoms with van der Waals surface area (Å²) in [6.07, 6.45) is 0. The molecule has 0 radical (unpaired) electrons.